The molecule has 0 aliphatic carbocycles. The van der Waals surface area contributed by atoms with Crippen molar-refractivity contribution in [3.8, 4) is 5.75 Å². The highest BCUT2D eigenvalue weighted by molar-refractivity contribution is 5.99. The zero-order valence-corrected chi connectivity index (χ0v) is 22.3. The topological polar surface area (TPSA) is 59.8 Å². The average molecular weight is 496 g/mol. The van der Waals surface area contributed by atoms with Gasteiger partial charge in [0.2, 0.25) is 5.76 Å². The number of benzene rings is 3. The van der Waals surface area contributed by atoms with Gasteiger partial charge in [0.25, 0.3) is 5.91 Å². The first-order valence-electron chi connectivity index (χ1n) is 12.7. The second kappa shape index (κ2) is 9.22. The summed E-state index contributed by atoms with van der Waals surface area (Å²) in [7, 11) is 1.64. The van der Waals surface area contributed by atoms with Gasteiger partial charge in [-0.05, 0) is 77.8 Å². The molecule has 4 aromatic rings. The number of hydrogen-bond donors (Lipinski definition) is 0. The maximum atomic E-state index is 13.9. The third kappa shape index (κ3) is 4.43. The number of rotatable bonds is 5. The van der Waals surface area contributed by atoms with Crippen molar-refractivity contribution in [3.63, 3.8) is 0 Å². The summed E-state index contributed by atoms with van der Waals surface area (Å²) in [5, 5.41) is 0.517. The van der Waals surface area contributed by atoms with Crippen LogP contribution >= 0.6 is 0 Å². The summed E-state index contributed by atoms with van der Waals surface area (Å²) in [5.41, 5.74) is 5.98. The van der Waals surface area contributed by atoms with Crippen LogP contribution in [0, 0.1) is 13.8 Å². The summed E-state index contributed by atoms with van der Waals surface area (Å²) in [6.07, 6.45) is 0.645. The van der Waals surface area contributed by atoms with Crippen molar-refractivity contribution >= 4 is 16.9 Å². The lowest BCUT2D eigenvalue weighted by atomic mass is 9.86. The van der Waals surface area contributed by atoms with Crippen LogP contribution in [0.25, 0.3) is 11.0 Å². The van der Waals surface area contributed by atoms with Gasteiger partial charge >= 0.3 is 0 Å². The summed E-state index contributed by atoms with van der Waals surface area (Å²) >= 11 is 0. The SMILES string of the molecule is COc1ccc(CCN2C(=O)c3oc4cc(C)c(C)cc4c(=O)c3C2c2ccc(C(C)(C)C)cc2)cc1. The molecule has 3 aromatic carbocycles. The molecule has 1 aliphatic rings. The van der Waals surface area contributed by atoms with Gasteiger partial charge in [0.1, 0.15) is 11.3 Å². The Morgan fingerprint density at radius 1 is 0.919 bits per heavy atom. The summed E-state index contributed by atoms with van der Waals surface area (Å²) in [6, 6.07) is 19.3. The molecule has 0 radical (unpaired) electrons. The van der Waals surface area contributed by atoms with Crippen molar-refractivity contribution in [2.45, 2.75) is 52.5 Å². The smallest absolute Gasteiger partial charge is 0.290 e. The van der Waals surface area contributed by atoms with Crippen LogP contribution in [0.3, 0.4) is 0 Å². The van der Waals surface area contributed by atoms with Crippen LogP contribution in [0.15, 0.2) is 69.9 Å². The van der Waals surface area contributed by atoms with E-state index in [0.29, 0.717) is 29.5 Å². The zero-order valence-electron chi connectivity index (χ0n) is 22.3. The molecule has 37 heavy (non-hydrogen) atoms. The Balaban J connectivity index is 1.61. The number of hydrogen-bond acceptors (Lipinski definition) is 4. The Kier molecular flexibility index (Phi) is 6.18. The molecule has 1 unspecified atom stereocenters. The van der Waals surface area contributed by atoms with Gasteiger partial charge in [-0.1, -0.05) is 57.2 Å². The molecule has 0 fully saturated rings. The van der Waals surface area contributed by atoms with Gasteiger partial charge in [-0.25, -0.2) is 0 Å². The largest absolute Gasteiger partial charge is 0.497 e. The van der Waals surface area contributed by atoms with Crippen LogP contribution in [0.4, 0.5) is 0 Å². The van der Waals surface area contributed by atoms with Crippen LogP contribution in [-0.4, -0.2) is 24.5 Å². The number of aryl methyl sites for hydroxylation is 2. The van der Waals surface area contributed by atoms with E-state index in [2.05, 4.69) is 32.9 Å². The highest BCUT2D eigenvalue weighted by atomic mass is 16.5. The number of ether oxygens (including phenoxy) is 1. The number of carbonyl (C=O) groups is 1. The minimum absolute atomic E-state index is 0.000598. The van der Waals surface area contributed by atoms with Crippen molar-refractivity contribution in [3.05, 3.63) is 110 Å². The monoisotopic (exact) mass is 495 g/mol. The van der Waals surface area contributed by atoms with E-state index >= 15 is 0 Å². The van der Waals surface area contributed by atoms with Crippen LogP contribution < -0.4 is 10.2 Å². The molecule has 1 aromatic heterocycles. The van der Waals surface area contributed by atoms with E-state index < -0.39 is 6.04 Å². The van der Waals surface area contributed by atoms with E-state index in [1.165, 1.54) is 5.56 Å². The third-order valence-electron chi connectivity index (χ3n) is 7.47. The minimum atomic E-state index is -0.503. The number of methoxy groups -OCH3 is 1. The van der Waals surface area contributed by atoms with Crippen LogP contribution in [0.5, 0.6) is 5.75 Å². The fraction of sp³-hybridized carbons (Fsp3) is 0.312. The van der Waals surface area contributed by atoms with Crippen molar-refractivity contribution in [1.29, 1.82) is 0 Å². The Morgan fingerprint density at radius 3 is 2.19 bits per heavy atom. The maximum Gasteiger partial charge on any atom is 0.290 e. The van der Waals surface area contributed by atoms with Crippen LogP contribution in [0.2, 0.25) is 0 Å². The van der Waals surface area contributed by atoms with Gasteiger partial charge in [0.05, 0.1) is 24.1 Å². The first-order valence-corrected chi connectivity index (χ1v) is 12.7. The third-order valence-corrected chi connectivity index (χ3v) is 7.47. The molecule has 5 nitrogen and oxygen atoms in total. The summed E-state index contributed by atoms with van der Waals surface area (Å²) < 4.78 is 11.4. The van der Waals surface area contributed by atoms with Gasteiger partial charge in [0, 0.05) is 6.54 Å². The molecular formula is C32H33NO4. The lowest BCUT2D eigenvalue weighted by molar-refractivity contribution is 0.0730. The minimum Gasteiger partial charge on any atom is -0.497 e. The fourth-order valence-corrected chi connectivity index (χ4v) is 5.06. The van der Waals surface area contributed by atoms with Gasteiger partial charge in [-0.2, -0.15) is 0 Å². The van der Waals surface area contributed by atoms with E-state index in [1.807, 2.05) is 62.4 Å². The van der Waals surface area contributed by atoms with E-state index in [1.54, 1.807) is 12.0 Å². The van der Waals surface area contributed by atoms with Crippen LogP contribution in [-0.2, 0) is 11.8 Å². The van der Waals surface area contributed by atoms with Crippen molar-refractivity contribution in [1.82, 2.24) is 4.90 Å². The molecule has 0 N–H and O–H groups in total. The number of fused-ring (bicyclic) bond motifs is 2. The predicted octanol–water partition coefficient (Wildman–Crippen LogP) is 6.50. The van der Waals surface area contributed by atoms with Crippen LogP contribution in [0.1, 0.15) is 70.7 Å². The van der Waals surface area contributed by atoms with E-state index in [-0.39, 0.29) is 22.5 Å². The first kappa shape index (κ1) is 24.8. The Hall–Kier alpha value is -3.86. The van der Waals surface area contributed by atoms with Crippen molar-refractivity contribution in [2.24, 2.45) is 0 Å². The zero-order chi connectivity index (χ0) is 26.5. The average Bonchev–Trinajstić information content (AvgIpc) is 3.15. The van der Waals surface area contributed by atoms with Gasteiger partial charge in [-0.3, -0.25) is 9.59 Å². The second-order valence-electron chi connectivity index (χ2n) is 11.0. The molecule has 5 heteroatoms. The Labute approximate surface area is 217 Å². The van der Waals surface area contributed by atoms with Gasteiger partial charge in [0.15, 0.2) is 5.43 Å². The van der Waals surface area contributed by atoms with E-state index in [0.717, 1.165) is 28.0 Å². The van der Waals surface area contributed by atoms with Crippen molar-refractivity contribution in [2.75, 3.05) is 13.7 Å². The molecule has 1 atom stereocenters. The highest BCUT2D eigenvalue weighted by Crippen LogP contribution is 2.39. The van der Waals surface area contributed by atoms with Gasteiger partial charge in [-0.15, -0.1) is 0 Å². The maximum absolute atomic E-state index is 13.9. The number of amides is 1. The molecule has 2 heterocycles. The second-order valence-corrected chi connectivity index (χ2v) is 11.0. The molecule has 0 spiro atoms. The molecule has 1 amide bonds. The summed E-state index contributed by atoms with van der Waals surface area (Å²) in [4.78, 5) is 29.4. The van der Waals surface area contributed by atoms with E-state index in [9.17, 15) is 9.59 Å². The molecule has 190 valence electrons. The highest BCUT2D eigenvalue weighted by Gasteiger charge is 2.42. The van der Waals surface area contributed by atoms with Gasteiger partial charge < -0.3 is 14.1 Å². The Bertz CT molecular complexity index is 1540. The molecule has 1 aliphatic heterocycles. The molecule has 5 rings (SSSR count). The summed E-state index contributed by atoms with van der Waals surface area (Å²) in [6.45, 7) is 10.9. The number of carbonyl (C=O) groups excluding carboxylic acids is 1. The molecular weight excluding hydrogens is 462 g/mol. The molecule has 0 saturated heterocycles. The molecule has 0 saturated carbocycles. The normalized spacial score (nSPS) is 15.4. The fourth-order valence-electron chi connectivity index (χ4n) is 5.06. The Morgan fingerprint density at radius 2 is 1.57 bits per heavy atom. The first-order chi connectivity index (χ1) is 17.6. The quantitative estimate of drug-likeness (QED) is 0.317. The van der Waals surface area contributed by atoms with E-state index in [4.69, 9.17) is 9.15 Å². The lowest BCUT2D eigenvalue weighted by Crippen LogP contribution is -2.31. The lowest BCUT2D eigenvalue weighted by Gasteiger charge is -2.26. The predicted molar refractivity (Wildman–Crippen MR) is 147 cm³/mol. The number of nitrogens with zero attached hydrogens (tertiary/aromatic N) is 1. The van der Waals surface area contributed by atoms with Crippen molar-refractivity contribution < 1.29 is 13.9 Å². The standard InChI is InChI=1S/C32H33NO4/c1-19-17-25-26(18-20(19)2)37-30-27(29(25)34)28(22-9-11-23(12-10-22)32(3,4)5)33(31(30)35)16-15-21-7-13-24(36-6)14-8-21/h7-14,17-18,28H,15-16H2,1-6H3. The summed E-state index contributed by atoms with van der Waals surface area (Å²) in [5.74, 6) is 0.698. The molecule has 0 bridgehead atoms.